The van der Waals surface area contributed by atoms with Gasteiger partial charge >= 0.3 is 12.0 Å². The van der Waals surface area contributed by atoms with Crippen LogP contribution in [0, 0.1) is 13.8 Å². The number of carbonyl (C=O) groups excluding carboxylic acids is 3. The van der Waals surface area contributed by atoms with Crippen LogP contribution in [0.4, 0.5) is 22.0 Å². The highest BCUT2D eigenvalue weighted by Gasteiger charge is 2.26. The lowest BCUT2D eigenvalue weighted by atomic mass is 9.93. The molecule has 4 rings (SSSR count). The van der Waals surface area contributed by atoms with Crippen LogP contribution < -0.4 is 16.0 Å². The highest BCUT2D eigenvalue weighted by molar-refractivity contribution is 6.35. The van der Waals surface area contributed by atoms with Gasteiger partial charge in [0, 0.05) is 34.1 Å². The van der Waals surface area contributed by atoms with Crippen molar-refractivity contribution in [2.45, 2.75) is 40.0 Å². The van der Waals surface area contributed by atoms with Gasteiger partial charge in [-0.1, -0.05) is 32.0 Å². The van der Waals surface area contributed by atoms with Gasteiger partial charge in [0.15, 0.2) is 5.82 Å². The Balaban J connectivity index is 1.53. The summed E-state index contributed by atoms with van der Waals surface area (Å²) in [6, 6.07) is 6.29. The molecule has 1 aliphatic rings. The molecule has 1 aromatic carbocycles. The predicted octanol–water partition coefficient (Wildman–Crippen LogP) is 4.84. The fourth-order valence-corrected chi connectivity index (χ4v) is 3.85. The summed E-state index contributed by atoms with van der Waals surface area (Å²) in [6.07, 6.45) is 1.70. The van der Waals surface area contributed by atoms with Crippen LogP contribution >= 0.6 is 0 Å². The van der Waals surface area contributed by atoms with Crippen LogP contribution in [0.1, 0.15) is 59.4 Å². The Bertz CT molecular complexity index is 1370. The molecule has 35 heavy (non-hydrogen) atoms. The second-order valence-corrected chi connectivity index (χ2v) is 9.33. The van der Waals surface area contributed by atoms with Crippen molar-refractivity contribution in [2.75, 3.05) is 23.1 Å². The van der Waals surface area contributed by atoms with E-state index in [-0.39, 0.29) is 11.3 Å². The number of fused-ring (bicyclic) bond motifs is 1. The largest absolute Gasteiger partial charge is 0.465 e. The van der Waals surface area contributed by atoms with Crippen molar-refractivity contribution in [3.8, 4) is 0 Å². The molecule has 0 fully saturated rings. The summed E-state index contributed by atoms with van der Waals surface area (Å²) in [7, 11) is 1.33. The number of aromatic nitrogens is 2. The number of benzene rings is 1. The van der Waals surface area contributed by atoms with Crippen LogP contribution in [-0.4, -0.2) is 35.2 Å². The lowest BCUT2D eigenvalue weighted by molar-refractivity contribution is -0.110. The summed E-state index contributed by atoms with van der Waals surface area (Å²) in [5.74, 6) is 0.227. The molecule has 0 aliphatic carbocycles. The number of H-pyrrole nitrogens is 1. The number of anilines is 3. The Hall–Kier alpha value is -4.34. The van der Waals surface area contributed by atoms with Gasteiger partial charge in [-0.2, -0.15) is 0 Å². The van der Waals surface area contributed by atoms with E-state index in [4.69, 9.17) is 9.26 Å². The van der Waals surface area contributed by atoms with Gasteiger partial charge in [0.1, 0.15) is 5.76 Å². The minimum Gasteiger partial charge on any atom is -0.465 e. The number of nitrogens with zero attached hydrogens (tertiary/aromatic N) is 1. The predicted molar refractivity (Wildman–Crippen MR) is 132 cm³/mol. The van der Waals surface area contributed by atoms with Crippen LogP contribution in [0.5, 0.6) is 0 Å². The number of aromatic amines is 1. The number of hydrogen-bond donors (Lipinski definition) is 4. The molecular weight excluding hydrogens is 450 g/mol. The summed E-state index contributed by atoms with van der Waals surface area (Å²) >= 11 is 0. The first-order valence-corrected chi connectivity index (χ1v) is 11.0. The molecular formula is C25H27N5O5. The summed E-state index contributed by atoms with van der Waals surface area (Å²) in [6.45, 7) is 9.51. The molecule has 4 N–H and O–H groups in total. The van der Waals surface area contributed by atoms with Crippen molar-refractivity contribution >= 4 is 46.7 Å². The lowest BCUT2D eigenvalue weighted by Gasteiger charge is -2.12. The maximum absolute atomic E-state index is 12.7. The Morgan fingerprint density at radius 2 is 1.89 bits per heavy atom. The molecule has 0 atom stereocenters. The summed E-state index contributed by atoms with van der Waals surface area (Å²) < 4.78 is 10.1. The number of urea groups is 1. The zero-order valence-corrected chi connectivity index (χ0v) is 20.4. The van der Waals surface area contributed by atoms with Gasteiger partial charge in [-0.25, -0.2) is 9.59 Å². The third-order valence-electron chi connectivity index (χ3n) is 5.71. The Kier molecular flexibility index (Phi) is 5.98. The van der Waals surface area contributed by atoms with Crippen LogP contribution in [0.2, 0.25) is 0 Å². The van der Waals surface area contributed by atoms with E-state index in [1.807, 2.05) is 20.8 Å². The van der Waals surface area contributed by atoms with E-state index >= 15 is 0 Å². The number of carbonyl (C=O) groups is 3. The monoisotopic (exact) mass is 477 g/mol. The van der Waals surface area contributed by atoms with Crippen LogP contribution in [0.3, 0.4) is 0 Å². The van der Waals surface area contributed by atoms with E-state index in [1.54, 1.807) is 44.2 Å². The number of hydrogen-bond acceptors (Lipinski definition) is 6. The first-order chi connectivity index (χ1) is 16.5. The van der Waals surface area contributed by atoms with Gasteiger partial charge < -0.3 is 24.9 Å². The average Bonchev–Trinajstić information content (AvgIpc) is 3.44. The van der Waals surface area contributed by atoms with Crippen molar-refractivity contribution in [3.05, 3.63) is 58.1 Å². The van der Waals surface area contributed by atoms with E-state index in [2.05, 4.69) is 26.1 Å². The van der Waals surface area contributed by atoms with E-state index in [0.29, 0.717) is 56.6 Å². The van der Waals surface area contributed by atoms with Crippen molar-refractivity contribution in [2.24, 2.45) is 0 Å². The number of ether oxygens (including phenoxy) is 1. The SMILES string of the molecule is COC(=O)c1c(C)[nH]c(/C=C2\C(=O)Nc3cc(NC(=O)Nc4cc(C(C)(C)C)on4)ccc32)c1C. The van der Waals surface area contributed by atoms with E-state index < -0.39 is 12.0 Å². The molecule has 3 heterocycles. The highest BCUT2D eigenvalue weighted by Crippen LogP contribution is 2.36. The van der Waals surface area contributed by atoms with Gasteiger partial charge in [0.25, 0.3) is 5.91 Å². The quantitative estimate of drug-likeness (QED) is 0.313. The molecule has 0 bridgehead atoms. The molecule has 0 radical (unpaired) electrons. The van der Waals surface area contributed by atoms with Gasteiger partial charge in [-0.05, 0) is 37.6 Å². The van der Waals surface area contributed by atoms with Gasteiger partial charge in [-0.15, -0.1) is 0 Å². The van der Waals surface area contributed by atoms with E-state index in [0.717, 1.165) is 0 Å². The first-order valence-electron chi connectivity index (χ1n) is 11.0. The maximum Gasteiger partial charge on any atom is 0.339 e. The number of esters is 1. The maximum atomic E-state index is 12.7. The van der Waals surface area contributed by atoms with Crippen molar-refractivity contribution in [3.63, 3.8) is 0 Å². The smallest absolute Gasteiger partial charge is 0.339 e. The minimum absolute atomic E-state index is 0.231. The Labute approximate surface area is 202 Å². The second-order valence-electron chi connectivity index (χ2n) is 9.33. The molecule has 0 spiro atoms. The number of methoxy groups -OCH3 is 1. The topological polar surface area (TPSA) is 138 Å². The normalized spacial score (nSPS) is 14.0. The fourth-order valence-electron chi connectivity index (χ4n) is 3.85. The standard InChI is InChI=1S/C25H27N5O5/c1-12-17(26-13(2)21(12)23(32)34-6)10-16-15-8-7-14(9-18(15)28-22(16)31)27-24(33)29-20-11-19(35-30-20)25(3,4)5/h7-11,26H,1-6H3,(H,28,31)(H2,27,29,30,33)/b16-10-. The second kappa shape index (κ2) is 8.79. The Morgan fingerprint density at radius 1 is 1.14 bits per heavy atom. The molecule has 3 amide bonds. The summed E-state index contributed by atoms with van der Waals surface area (Å²) in [4.78, 5) is 40.3. The van der Waals surface area contributed by atoms with Gasteiger partial charge in [0.2, 0.25) is 0 Å². The third-order valence-corrected chi connectivity index (χ3v) is 5.71. The number of nitrogens with one attached hydrogen (secondary N) is 4. The molecule has 3 aromatic rings. The Morgan fingerprint density at radius 3 is 2.54 bits per heavy atom. The summed E-state index contributed by atoms with van der Waals surface area (Å²) in [5, 5.41) is 12.0. The first kappa shape index (κ1) is 23.8. The molecule has 2 aromatic heterocycles. The van der Waals surface area contributed by atoms with Crippen LogP contribution in [0.15, 0.2) is 28.8 Å². The van der Waals surface area contributed by atoms with Gasteiger partial charge in [0.05, 0.1) is 23.9 Å². The van der Waals surface area contributed by atoms with E-state index in [9.17, 15) is 14.4 Å². The lowest BCUT2D eigenvalue weighted by Crippen LogP contribution is -2.19. The van der Waals surface area contributed by atoms with Crippen LogP contribution in [-0.2, 0) is 14.9 Å². The minimum atomic E-state index is -0.494. The van der Waals surface area contributed by atoms with Crippen molar-refractivity contribution < 1.29 is 23.6 Å². The zero-order valence-electron chi connectivity index (χ0n) is 20.4. The van der Waals surface area contributed by atoms with Crippen LogP contribution in [0.25, 0.3) is 11.6 Å². The average molecular weight is 478 g/mol. The summed E-state index contributed by atoms with van der Waals surface area (Å²) in [5.41, 5.74) is 4.38. The number of rotatable bonds is 4. The molecule has 182 valence electrons. The molecule has 0 saturated heterocycles. The molecule has 10 nitrogen and oxygen atoms in total. The molecule has 10 heteroatoms. The van der Waals surface area contributed by atoms with Gasteiger partial charge in [-0.3, -0.25) is 10.1 Å². The fraction of sp³-hybridized carbons (Fsp3) is 0.280. The van der Waals surface area contributed by atoms with E-state index in [1.165, 1.54) is 7.11 Å². The number of aryl methyl sites for hydroxylation is 1. The molecule has 1 aliphatic heterocycles. The molecule has 0 saturated carbocycles. The zero-order chi connectivity index (χ0) is 25.5. The molecule has 0 unspecified atom stereocenters. The highest BCUT2D eigenvalue weighted by atomic mass is 16.5. The van der Waals surface area contributed by atoms with Crippen molar-refractivity contribution in [1.82, 2.24) is 10.1 Å². The number of amides is 3. The van der Waals surface area contributed by atoms with Crippen molar-refractivity contribution in [1.29, 1.82) is 0 Å². The third kappa shape index (κ3) is 4.68.